The van der Waals surface area contributed by atoms with Crippen molar-refractivity contribution in [2.45, 2.75) is 46.5 Å². The molecule has 0 saturated carbocycles. The third-order valence-corrected chi connectivity index (χ3v) is 6.69. The standard InChI is InChI=1S/C24H29BrN4O2/c1-15-5-10-29(22-16(2)11-20(25)12-17(22)3)24-21(15)23(26-18(4)27-24)28-8-6-19(7-9-28)13-31-14-30/h5,10-12,14-15,19H,6-9,13H2,1-4H3. The molecule has 1 aromatic heterocycles. The van der Waals surface area contributed by atoms with E-state index in [0.29, 0.717) is 19.0 Å². The number of carbonyl (C=O) groups excluding carboxylic acids is 1. The number of fused-ring (bicyclic) bond motifs is 1. The number of benzene rings is 1. The first kappa shape index (κ1) is 21.8. The van der Waals surface area contributed by atoms with Gasteiger partial charge in [0.25, 0.3) is 6.47 Å². The van der Waals surface area contributed by atoms with E-state index < -0.39 is 0 Å². The van der Waals surface area contributed by atoms with E-state index >= 15 is 0 Å². The van der Waals surface area contributed by atoms with Crippen molar-refractivity contribution in [3.8, 4) is 0 Å². The Morgan fingerprint density at radius 3 is 2.42 bits per heavy atom. The number of halogens is 1. The third kappa shape index (κ3) is 4.33. The predicted molar refractivity (Wildman–Crippen MR) is 127 cm³/mol. The second-order valence-corrected chi connectivity index (χ2v) is 9.50. The molecule has 0 N–H and O–H groups in total. The second-order valence-electron chi connectivity index (χ2n) is 8.58. The number of nitrogens with zero attached hydrogens (tertiary/aromatic N) is 4. The summed E-state index contributed by atoms with van der Waals surface area (Å²) in [5, 5.41) is 0. The van der Waals surface area contributed by atoms with Gasteiger partial charge in [-0.05, 0) is 62.8 Å². The van der Waals surface area contributed by atoms with E-state index in [4.69, 9.17) is 14.7 Å². The summed E-state index contributed by atoms with van der Waals surface area (Å²) >= 11 is 3.61. The average Bonchev–Trinajstić information content (AvgIpc) is 2.73. The highest BCUT2D eigenvalue weighted by molar-refractivity contribution is 9.10. The van der Waals surface area contributed by atoms with Crippen molar-refractivity contribution in [2.75, 3.05) is 29.5 Å². The van der Waals surface area contributed by atoms with E-state index in [1.165, 1.54) is 22.4 Å². The van der Waals surface area contributed by atoms with E-state index in [9.17, 15) is 4.79 Å². The van der Waals surface area contributed by atoms with Crippen molar-refractivity contribution in [2.24, 2.45) is 5.92 Å². The summed E-state index contributed by atoms with van der Waals surface area (Å²) in [7, 11) is 0. The Balaban J connectivity index is 1.72. The van der Waals surface area contributed by atoms with Crippen LogP contribution < -0.4 is 9.80 Å². The van der Waals surface area contributed by atoms with Gasteiger partial charge in [0.15, 0.2) is 0 Å². The van der Waals surface area contributed by atoms with Crippen LogP contribution in [-0.2, 0) is 9.53 Å². The number of hydrogen-bond acceptors (Lipinski definition) is 6. The van der Waals surface area contributed by atoms with Crippen LogP contribution in [0.2, 0.25) is 0 Å². The minimum Gasteiger partial charge on any atom is -0.468 e. The lowest BCUT2D eigenvalue weighted by molar-refractivity contribution is -0.130. The number of rotatable bonds is 5. The molecule has 1 saturated heterocycles. The van der Waals surface area contributed by atoms with E-state index in [1.807, 2.05) is 6.92 Å². The van der Waals surface area contributed by atoms with E-state index in [-0.39, 0.29) is 5.92 Å². The summed E-state index contributed by atoms with van der Waals surface area (Å²) in [6.45, 7) is 11.3. The van der Waals surface area contributed by atoms with Crippen LogP contribution in [0, 0.1) is 26.7 Å². The monoisotopic (exact) mass is 484 g/mol. The summed E-state index contributed by atoms with van der Waals surface area (Å²) in [5.41, 5.74) is 4.75. The molecule has 4 rings (SSSR count). The van der Waals surface area contributed by atoms with Gasteiger partial charge in [-0.15, -0.1) is 0 Å². The highest BCUT2D eigenvalue weighted by Gasteiger charge is 2.31. The van der Waals surface area contributed by atoms with Crippen molar-refractivity contribution in [3.63, 3.8) is 0 Å². The number of anilines is 3. The molecule has 0 amide bonds. The summed E-state index contributed by atoms with van der Waals surface area (Å²) in [4.78, 5) is 24.9. The van der Waals surface area contributed by atoms with Gasteiger partial charge in [0.05, 0.1) is 12.3 Å². The zero-order valence-electron chi connectivity index (χ0n) is 18.6. The molecule has 1 fully saturated rings. The topological polar surface area (TPSA) is 58.6 Å². The maximum absolute atomic E-state index is 10.5. The Hall–Kier alpha value is -2.41. The van der Waals surface area contributed by atoms with Crippen molar-refractivity contribution >= 4 is 39.7 Å². The largest absolute Gasteiger partial charge is 0.468 e. The molecule has 0 spiro atoms. The molecule has 2 aliphatic rings. The third-order valence-electron chi connectivity index (χ3n) is 6.24. The van der Waals surface area contributed by atoms with Crippen LogP contribution >= 0.6 is 15.9 Å². The van der Waals surface area contributed by atoms with Crippen LogP contribution in [0.5, 0.6) is 0 Å². The molecular formula is C24H29BrN4O2. The van der Waals surface area contributed by atoms with Gasteiger partial charge in [-0.25, -0.2) is 9.97 Å². The predicted octanol–water partition coefficient (Wildman–Crippen LogP) is 5.32. The highest BCUT2D eigenvalue weighted by atomic mass is 79.9. The summed E-state index contributed by atoms with van der Waals surface area (Å²) in [5.74, 6) is 3.43. The zero-order valence-corrected chi connectivity index (χ0v) is 20.1. The van der Waals surface area contributed by atoms with Gasteiger partial charge in [-0.3, -0.25) is 4.79 Å². The van der Waals surface area contributed by atoms with Crippen LogP contribution in [0.4, 0.5) is 17.3 Å². The Labute approximate surface area is 192 Å². The molecule has 164 valence electrons. The number of ether oxygens (including phenoxy) is 1. The smallest absolute Gasteiger partial charge is 0.293 e. The quantitative estimate of drug-likeness (QED) is 0.535. The summed E-state index contributed by atoms with van der Waals surface area (Å²) < 4.78 is 6.08. The van der Waals surface area contributed by atoms with E-state index in [2.05, 4.69) is 70.9 Å². The van der Waals surface area contributed by atoms with Gasteiger partial charge in [0.1, 0.15) is 17.5 Å². The van der Waals surface area contributed by atoms with Gasteiger partial charge in [0.2, 0.25) is 0 Å². The zero-order chi connectivity index (χ0) is 22.1. The fourth-order valence-electron chi connectivity index (χ4n) is 4.72. The second kappa shape index (κ2) is 8.99. The Bertz CT molecular complexity index is 992. The normalized spacial score (nSPS) is 18.8. The van der Waals surface area contributed by atoms with Gasteiger partial charge in [0, 0.05) is 35.2 Å². The number of aryl methyl sites for hydroxylation is 3. The molecule has 1 aromatic carbocycles. The van der Waals surface area contributed by atoms with Gasteiger partial charge >= 0.3 is 0 Å². The lowest BCUT2D eigenvalue weighted by Crippen LogP contribution is -2.37. The Morgan fingerprint density at radius 1 is 1.13 bits per heavy atom. The minimum absolute atomic E-state index is 0.231. The van der Waals surface area contributed by atoms with Crippen molar-refractivity contribution < 1.29 is 9.53 Å². The van der Waals surface area contributed by atoms with Crippen molar-refractivity contribution in [3.05, 3.63) is 51.4 Å². The van der Waals surface area contributed by atoms with Crippen LogP contribution in [-0.4, -0.2) is 36.1 Å². The molecule has 2 aliphatic heterocycles. The summed E-state index contributed by atoms with van der Waals surface area (Å²) in [6.07, 6.45) is 6.36. The molecule has 6 nitrogen and oxygen atoms in total. The van der Waals surface area contributed by atoms with Crippen LogP contribution in [0.25, 0.3) is 0 Å². The average molecular weight is 485 g/mol. The Kier molecular flexibility index (Phi) is 6.32. The van der Waals surface area contributed by atoms with Gasteiger partial charge in [-0.2, -0.15) is 0 Å². The molecule has 31 heavy (non-hydrogen) atoms. The lowest BCUT2D eigenvalue weighted by Gasteiger charge is -2.37. The van der Waals surface area contributed by atoms with Gasteiger partial charge in [-0.1, -0.05) is 28.9 Å². The van der Waals surface area contributed by atoms with E-state index in [1.54, 1.807) is 0 Å². The van der Waals surface area contributed by atoms with Crippen molar-refractivity contribution in [1.29, 1.82) is 0 Å². The maximum atomic E-state index is 10.5. The number of allylic oxidation sites excluding steroid dienone is 1. The molecule has 2 aromatic rings. The van der Waals surface area contributed by atoms with Crippen LogP contribution in [0.15, 0.2) is 28.9 Å². The lowest BCUT2D eigenvalue weighted by atomic mass is 9.94. The molecule has 0 aliphatic carbocycles. The maximum Gasteiger partial charge on any atom is 0.293 e. The highest BCUT2D eigenvalue weighted by Crippen LogP contribution is 2.44. The molecule has 3 heterocycles. The molecule has 7 heteroatoms. The molecule has 1 atom stereocenters. The minimum atomic E-state index is 0.231. The molecule has 0 bridgehead atoms. The number of hydrogen-bond donors (Lipinski definition) is 0. The SMILES string of the molecule is Cc1nc(N2CCC(COC=O)CC2)c2c(n1)N(c1c(C)cc(Br)cc1C)C=CC2C. The van der Waals surface area contributed by atoms with Crippen LogP contribution in [0.1, 0.15) is 48.2 Å². The molecule has 0 radical (unpaired) electrons. The first-order valence-electron chi connectivity index (χ1n) is 10.8. The fraction of sp³-hybridized carbons (Fsp3) is 0.458. The number of piperidine rings is 1. The number of carbonyl (C=O) groups is 1. The van der Waals surface area contributed by atoms with Crippen LogP contribution in [0.3, 0.4) is 0 Å². The van der Waals surface area contributed by atoms with Gasteiger partial charge < -0.3 is 14.5 Å². The summed E-state index contributed by atoms with van der Waals surface area (Å²) in [6, 6.07) is 4.30. The molecule has 1 unspecified atom stereocenters. The van der Waals surface area contributed by atoms with E-state index in [0.717, 1.165) is 47.9 Å². The fourth-order valence-corrected chi connectivity index (χ4v) is 5.40. The first-order chi connectivity index (χ1) is 14.9. The van der Waals surface area contributed by atoms with Crippen molar-refractivity contribution in [1.82, 2.24) is 9.97 Å². The Morgan fingerprint density at radius 2 is 1.77 bits per heavy atom. The first-order valence-corrected chi connectivity index (χ1v) is 11.6. The molecular weight excluding hydrogens is 456 g/mol. The number of aromatic nitrogens is 2.